The van der Waals surface area contributed by atoms with E-state index in [0.717, 1.165) is 29.0 Å². The van der Waals surface area contributed by atoms with Crippen LogP contribution in [0.3, 0.4) is 0 Å². The monoisotopic (exact) mass is 466 g/mol. The summed E-state index contributed by atoms with van der Waals surface area (Å²) in [6, 6.07) is 23.7. The van der Waals surface area contributed by atoms with Gasteiger partial charge in [-0.1, -0.05) is 84.6 Å². The normalized spacial score (nSPS) is 11.2. The lowest BCUT2D eigenvalue weighted by Gasteiger charge is -2.13. The number of benzene rings is 3. The number of nitrogens with one attached hydrogen (secondary N) is 1. The summed E-state index contributed by atoms with van der Waals surface area (Å²) < 4.78 is 39.4. The van der Waals surface area contributed by atoms with Crippen molar-refractivity contribution in [3.63, 3.8) is 0 Å². The molecule has 166 valence electrons. The summed E-state index contributed by atoms with van der Waals surface area (Å²) in [5, 5.41) is 11.0. The SMILES string of the molecule is O=C(CSc1nnc(-c2ccccc2)c(-c2ccccc2)n1)Nc1ccccc1C(F)(F)F. The van der Waals surface area contributed by atoms with Crippen molar-refractivity contribution >= 4 is 23.4 Å². The van der Waals surface area contributed by atoms with E-state index in [9.17, 15) is 18.0 Å². The third-order valence-electron chi connectivity index (χ3n) is 4.60. The number of thioether (sulfide) groups is 1. The number of para-hydroxylation sites is 1. The number of nitrogens with zero attached hydrogens (tertiary/aromatic N) is 3. The number of carbonyl (C=O) groups excluding carboxylic acids is 1. The molecule has 1 N–H and O–H groups in total. The van der Waals surface area contributed by atoms with Gasteiger partial charge in [0.15, 0.2) is 0 Å². The topological polar surface area (TPSA) is 67.8 Å². The lowest BCUT2D eigenvalue weighted by atomic mass is 10.0. The van der Waals surface area contributed by atoms with E-state index in [4.69, 9.17) is 0 Å². The molecule has 0 aliphatic heterocycles. The van der Waals surface area contributed by atoms with E-state index in [-0.39, 0.29) is 16.6 Å². The molecule has 1 amide bonds. The van der Waals surface area contributed by atoms with Crippen molar-refractivity contribution in [2.45, 2.75) is 11.3 Å². The number of carbonyl (C=O) groups is 1. The van der Waals surface area contributed by atoms with Crippen molar-refractivity contribution in [2.75, 3.05) is 11.1 Å². The van der Waals surface area contributed by atoms with Gasteiger partial charge < -0.3 is 5.32 Å². The minimum Gasteiger partial charge on any atom is -0.325 e. The van der Waals surface area contributed by atoms with Crippen molar-refractivity contribution in [3.8, 4) is 22.5 Å². The summed E-state index contributed by atoms with van der Waals surface area (Å²) in [6.45, 7) is 0. The number of amides is 1. The lowest BCUT2D eigenvalue weighted by molar-refractivity contribution is -0.137. The van der Waals surface area contributed by atoms with Gasteiger partial charge >= 0.3 is 6.18 Å². The van der Waals surface area contributed by atoms with Crippen LogP contribution in [0.25, 0.3) is 22.5 Å². The molecule has 3 aromatic carbocycles. The zero-order chi connectivity index (χ0) is 23.3. The van der Waals surface area contributed by atoms with Gasteiger partial charge in [0.25, 0.3) is 0 Å². The van der Waals surface area contributed by atoms with E-state index in [1.807, 2.05) is 60.7 Å². The van der Waals surface area contributed by atoms with E-state index in [0.29, 0.717) is 11.4 Å². The van der Waals surface area contributed by atoms with Crippen LogP contribution in [0.1, 0.15) is 5.56 Å². The molecule has 0 radical (unpaired) electrons. The summed E-state index contributed by atoms with van der Waals surface area (Å²) in [7, 11) is 0. The summed E-state index contributed by atoms with van der Waals surface area (Å²) in [5.74, 6) is -0.777. The first-order valence-corrected chi connectivity index (χ1v) is 10.8. The van der Waals surface area contributed by atoms with Crippen molar-refractivity contribution < 1.29 is 18.0 Å². The van der Waals surface area contributed by atoms with Crippen molar-refractivity contribution in [2.24, 2.45) is 0 Å². The molecule has 0 saturated heterocycles. The maximum atomic E-state index is 13.1. The highest BCUT2D eigenvalue weighted by Crippen LogP contribution is 2.35. The Morgan fingerprint density at radius 2 is 1.36 bits per heavy atom. The molecule has 0 aliphatic rings. The Morgan fingerprint density at radius 1 is 0.788 bits per heavy atom. The predicted octanol–water partition coefficient (Wildman–Crippen LogP) is 5.96. The summed E-state index contributed by atoms with van der Waals surface area (Å²) >= 11 is 0.996. The number of aromatic nitrogens is 3. The molecule has 0 aliphatic carbocycles. The first-order chi connectivity index (χ1) is 15.9. The quantitative estimate of drug-likeness (QED) is 0.356. The first kappa shape index (κ1) is 22.5. The van der Waals surface area contributed by atoms with Gasteiger partial charge in [-0.3, -0.25) is 4.79 Å². The number of rotatable bonds is 6. The van der Waals surface area contributed by atoms with Gasteiger partial charge in [0.1, 0.15) is 11.4 Å². The predicted molar refractivity (Wildman–Crippen MR) is 121 cm³/mol. The molecule has 4 aromatic rings. The second kappa shape index (κ2) is 9.83. The number of hydrogen-bond acceptors (Lipinski definition) is 5. The van der Waals surface area contributed by atoms with Crippen LogP contribution in [0.15, 0.2) is 90.1 Å². The summed E-state index contributed by atoms with van der Waals surface area (Å²) in [4.78, 5) is 16.9. The largest absolute Gasteiger partial charge is 0.418 e. The molecule has 1 heterocycles. The van der Waals surface area contributed by atoms with Crippen LogP contribution in [-0.2, 0) is 11.0 Å². The number of alkyl halides is 3. The molecular formula is C24H17F3N4OS. The van der Waals surface area contributed by atoms with Crippen LogP contribution in [0.5, 0.6) is 0 Å². The highest BCUT2D eigenvalue weighted by atomic mass is 32.2. The third kappa shape index (κ3) is 5.56. The van der Waals surface area contributed by atoms with Gasteiger partial charge in [0.2, 0.25) is 11.1 Å². The Morgan fingerprint density at radius 3 is 2.00 bits per heavy atom. The van der Waals surface area contributed by atoms with Gasteiger partial charge in [0.05, 0.1) is 17.0 Å². The smallest absolute Gasteiger partial charge is 0.325 e. The second-order valence-electron chi connectivity index (χ2n) is 6.90. The lowest BCUT2D eigenvalue weighted by Crippen LogP contribution is -2.18. The van der Waals surface area contributed by atoms with Gasteiger partial charge in [-0.05, 0) is 12.1 Å². The molecule has 9 heteroatoms. The highest BCUT2D eigenvalue weighted by Gasteiger charge is 2.33. The Bertz CT molecular complexity index is 1250. The Balaban J connectivity index is 1.54. The number of anilines is 1. The molecule has 0 spiro atoms. The van der Waals surface area contributed by atoms with Gasteiger partial charge in [-0.15, -0.1) is 10.2 Å². The Kier molecular flexibility index (Phi) is 6.69. The average molecular weight is 466 g/mol. The fourth-order valence-corrected chi connectivity index (χ4v) is 3.70. The Labute approximate surface area is 192 Å². The maximum absolute atomic E-state index is 13.1. The van der Waals surface area contributed by atoms with Crippen LogP contribution in [-0.4, -0.2) is 26.8 Å². The maximum Gasteiger partial charge on any atom is 0.418 e. The molecule has 0 fully saturated rings. The average Bonchev–Trinajstić information content (AvgIpc) is 2.83. The van der Waals surface area contributed by atoms with E-state index in [1.54, 1.807) is 0 Å². The van der Waals surface area contributed by atoms with Crippen molar-refractivity contribution in [1.82, 2.24) is 15.2 Å². The Hall–Kier alpha value is -3.72. The van der Waals surface area contributed by atoms with E-state index in [2.05, 4.69) is 20.5 Å². The van der Waals surface area contributed by atoms with Crippen LogP contribution in [0.4, 0.5) is 18.9 Å². The number of halogens is 3. The molecule has 1 aromatic heterocycles. The van der Waals surface area contributed by atoms with Crippen LogP contribution in [0.2, 0.25) is 0 Å². The summed E-state index contributed by atoms with van der Waals surface area (Å²) in [6.07, 6.45) is -4.57. The minimum absolute atomic E-state index is 0.174. The van der Waals surface area contributed by atoms with Gasteiger partial charge in [-0.2, -0.15) is 13.2 Å². The molecule has 5 nitrogen and oxygen atoms in total. The molecule has 4 rings (SSSR count). The fourth-order valence-electron chi connectivity index (χ4n) is 3.12. The molecule has 0 unspecified atom stereocenters. The second-order valence-corrected chi connectivity index (χ2v) is 7.85. The van der Waals surface area contributed by atoms with E-state index in [1.165, 1.54) is 18.2 Å². The molecule has 0 saturated carbocycles. The standard InChI is InChI=1S/C24H17F3N4OS/c25-24(26,27)18-13-7-8-14-19(18)28-20(32)15-33-23-29-21(16-9-3-1-4-10-16)22(30-31-23)17-11-5-2-6-12-17/h1-14H,15H2,(H,28,32). The van der Waals surface area contributed by atoms with Crippen LogP contribution < -0.4 is 5.32 Å². The van der Waals surface area contributed by atoms with Crippen LogP contribution in [0, 0.1) is 0 Å². The fraction of sp³-hybridized carbons (Fsp3) is 0.0833. The molecular weight excluding hydrogens is 449 g/mol. The zero-order valence-corrected chi connectivity index (χ0v) is 17.9. The third-order valence-corrected chi connectivity index (χ3v) is 5.44. The van der Waals surface area contributed by atoms with E-state index < -0.39 is 17.6 Å². The first-order valence-electron chi connectivity index (χ1n) is 9.86. The number of hydrogen-bond donors (Lipinski definition) is 1. The van der Waals surface area contributed by atoms with Crippen molar-refractivity contribution in [3.05, 3.63) is 90.5 Å². The molecule has 0 bridgehead atoms. The minimum atomic E-state index is -4.57. The zero-order valence-electron chi connectivity index (χ0n) is 17.1. The van der Waals surface area contributed by atoms with Crippen molar-refractivity contribution in [1.29, 1.82) is 0 Å². The van der Waals surface area contributed by atoms with Crippen LogP contribution >= 0.6 is 11.8 Å². The van der Waals surface area contributed by atoms with Gasteiger partial charge in [-0.25, -0.2) is 4.98 Å². The van der Waals surface area contributed by atoms with Gasteiger partial charge in [0, 0.05) is 11.1 Å². The van der Waals surface area contributed by atoms with E-state index >= 15 is 0 Å². The molecule has 33 heavy (non-hydrogen) atoms. The summed E-state index contributed by atoms with van der Waals surface area (Å²) in [5.41, 5.74) is 1.67. The highest BCUT2D eigenvalue weighted by molar-refractivity contribution is 7.99. The molecule has 0 atom stereocenters.